The molecule has 2 aromatic carbocycles. The van der Waals surface area contributed by atoms with Crippen LogP contribution in [0.2, 0.25) is 0 Å². The summed E-state index contributed by atoms with van der Waals surface area (Å²) in [5, 5.41) is 22.2. The summed E-state index contributed by atoms with van der Waals surface area (Å²) in [5.74, 6) is -0.236. The molecule has 1 saturated heterocycles. The van der Waals surface area contributed by atoms with E-state index in [0.29, 0.717) is 37.4 Å². The first-order valence-electron chi connectivity index (χ1n) is 11.0. The first kappa shape index (κ1) is 22.7. The molecule has 2 amide bonds. The highest BCUT2D eigenvalue weighted by Gasteiger charge is 2.31. The molecule has 8 heteroatoms. The highest BCUT2D eigenvalue weighted by atomic mass is 16.3. The van der Waals surface area contributed by atoms with Crippen LogP contribution in [0.25, 0.3) is 11.5 Å². The fraction of sp³-hybridized carbons (Fsp3) is 0.320. The van der Waals surface area contributed by atoms with Crippen molar-refractivity contribution in [1.29, 1.82) is 0 Å². The second-order valence-corrected chi connectivity index (χ2v) is 8.22. The first-order valence-corrected chi connectivity index (χ1v) is 11.0. The molecular weight excluding hydrogens is 422 g/mol. The molecule has 8 nitrogen and oxygen atoms in total. The van der Waals surface area contributed by atoms with Gasteiger partial charge in [-0.25, -0.2) is 4.98 Å². The summed E-state index contributed by atoms with van der Waals surface area (Å²) in [7, 11) is 0. The molecule has 1 aliphatic rings. The van der Waals surface area contributed by atoms with Crippen molar-refractivity contribution < 1.29 is 24.2 Å². The number of aliphatic hydroxyl groups is 2. The van der Waals surface area contributed by atoms with Crippen LogP contribution in [0.1, 0.15) is 28.0 Å². The maximum absolute atomic E-state index is 12.7. The first-order chi connectivity index (χ1) is 16.0. The molecule has 1 aromatic heterocycles. The third-order valence-corrected chi connectivity index (χ3v) is 5.86. The van der Waals surface area contributed by atoms with Gasteiger partial charge < -0.3 is 24.8 Å². The van der Waals surface area contributed by atoms with E-state index < -0.39 is 6.10 Å². The summed E-state index contributed by atoms with van der Waals surface area (Å²) in [6, 6.07) is 17.0. The van der Waals surface area contributed by atoms with Crippen LogP contribution >= 0.6 is 0 Å². The Morgan fingerprint density at radius 3 is 2.55 bits per heavy atom. The zero-order valence-corrected chi connectivity index (χ0v) is 18.2. The van der Waals surface area contributed by atoms with Crippen molar-refractivity contribution in [3.63, 3.8) is 0 Å². The van der Waals surface area contributed by atoms with Gasteiger partial charge in [-0.15, -0.1) is 0 Å². The highest BCUT2D eigenvalue weighted by molar-refractivity contribution is 5.92. The number of oxazole rings is 1. The van der Waals surface area contributed by atoms with Crippen molar-refractivity contribution in [3.8, 4) is 11.5 Å². The number of carbonyl (C=O) groups excluding carboxylic acids is 2. The molecule has 1 fully saturated rings. The Labute approximate surface area is 191 Å². The fourth-order valence-electron chi connectivity index (χ4n) is 3.85. The van der Waals surface area contributed by atoms with Crippen molar-refractivity contribution in [2.75, 3.05) is 19.7 Å². The fourth-order valence-corrected chi connectivity index (χ4v) is 3.85. The van der Waals surface area contributed by atoms with Crippen molar-refractivity contribution in [2.45, 2.75) is 25.5 Å². The van der Waals surface area contributed by atoms with Crippen LogP contribution in [0, 0.1) is 5.92 Å². The van der Waals surface area contributed by atoms with Gasteiger partial charge in [0.25, 0.3) is 5.91 Å². The van der Waals surface area contributed by atoms with Gasteiger partial charge >= 0.3 is 0 Å². The zero-order chi connectivity index (χ0) is 23.2. The summed E-state index contributed by atoms with van der Waals surface area (Å²) in [6.07, 6.45) is 1.44. The van der Waals surface area contributed by atoms with E-state index in [2.05, 4.69) is 10.3 Å². The second-order valence-electron chi connectivity index (χ2n) is 8.22. The predicted octanol–water partition coefficient (Wildman–Crippen LogP) is 2.02. The lowest BCUT2D eigenvalue weighted by Crippen LogP contribution is -2.47. The topological polar surface area (TPSA) is 116 Å². The molecule has 0 bridgehead atoms. The molecule has 4 rings (SSSR count). The Kier molecular flexibility index (Phi) is 7.16. The monoisotopic (exact) mass is 449 g/mol. The maximum atomic E-state index is 12.7. The van der Waals surface area contributed by atoms with Crippen LogP contribution in [0.5, 0.6) is 0 Å². The minimum absolute atomic E-state index is 0.0470. The summed E-state index contributed by atoms with van der Waals surface area (Å²) in [6.45, 7) is 0.933. The van der Waals surface area contributed by atoms with Crippen LogP contribution < -0.4 is 5.32 Å². The van der Waals surface area contributed by atoms with E-state index in [9.17, 15) is 19.8 Å². The number of hydrogen-bond donors (Lipinski definition) is 3. The number of hydrogen-bond acceptors (Lipinski definition) is 6. The van der Waals surface area contributed by atoms with Crippen molar-refractivity contribution in [1.82, 2.24) is 15.2 Å². The van der Waals surface area contributed by atoms with Gasteiger partial charge in [0.2, 0.25) is 11.8 Å². The number of likely N-dealkylation sites (tertiary alicyclic amines) is 1. The summed E-state index contributed by atoms with van der Waals surface area (Å²) < 4.78 is 5.51. The number of nitrogens with zero attached hydrogens (tertiary/aromatic N) is 2. The number of carbonyl (C=O) groups is 2. The van der Waals surface area contributed by atoms with Gasteiger partial charge in [0.05, 0.1) is 12.5 Å². The number of piperidine rings is 1. The molecular formula is C25H27N3O5. The average Bonchev–Trinajstić information content (AvgIpc) is 3.33. The molecule has 0 saturated carbocycles. The molecule has 2 heterocycles. The average molecular weight is 450 g/mol. The largest absolute Gasteiger partial charge is 0.444 e. The van der Waals surface area contributed by atoms with Gasteiger partial charge in [-0.05, 0) is 29.7 Å². The lowest BCUT2D eigenvalue weighted by Gasteiger charge is -2.34. The Morgan fingerprint density at radius 1 is 1.09 bits per heavy atom. The number of benzene rings is 2. The summed E-state index contributed by atoms with van der Waals surface area (Å²) in [5.41, 5.74) is 2.79. The highest BCUT2D eigenvalue weighted by Crippen LogP contribution is 2.22. The number of rotatable bonds is 7. The minimum atomic E-state index is -0.750. The van der Waals surface area contributed by atoms with E-state index in [-0.39, 0.29) is 36.6 Å². The minimum Gasteiger partial charge on any atom is -0.444 e. The maximum Gasteiger partial charge on any atom is 0.275 e. The molecule has 0 radical (unpaired) electrons. The Bertz CT molecular complexity index is 1080. The van der Waals surface area contributed by atoms with Gasteiger partial charge in [-0.1, -0.05) is 42.5 Å². The van der Waals surface area contributed by atoms with E-state index in [0.717, 1.165) is 11.1 Å². The van der Waals surface area contributed by atoms with E-state index in [4.69, 9.17) is 4.42 Å². The van der Waals surface area contributed by atoms with Crippen molar-refractivity contribution in [3.05, 3.63) is 77.7 Å². The van der Waals surface area contributed by atoms with Crippen molar-refractivity contribution in [2.24, 2.45) is 5.92 Å². The van der Waals surface area contributed by atoms with E-state index >= 15 is 0 Å². The van der Waals surface area contributed by atoms with E-state index in [1.165, 1.54) is 11.2 Å². The van der Waals surface area contributed by atoms with Gasteiger partial charge in [0.15, 0.2) is 5.69 Å². The molecule has 3 aromatic rings. The van der Waals surface area contributed by atoms with Crippen molar-refractivity contribution >= 4 is 11.8 Å². The zero-order valence-electron chi connectivity index (χ0n) is 18.2. The molecule has 33 heavy (non-hydrogen) atoms. The lowest BCUT2D eigenvalue weighted by atomic mass is 9.94. The van der Waals surface area contributed by atoms with E-state index in [1.54, 1.807) is 0 Å². The number of amides is 2. The van der Waals surface area contributed by atoms with Crippen LogP contribution in [0.4, 0.5) is 0 Å². The standard InChI is InChI=1S/C25H27N3O5/c29-15-20-10-11-28(14-22(20)30)25(32)21-16-33-24(27-21)19-8-6-18(7-9-19)13-26-23(31)12-17-4-2-1-3-5-17/h1-9,16,20,22,29-30H,10-15H2,(H,26,31)/t20-,22-/m0/s1. The summed E-state index contributed by atoms with van der Waals surface area (Å²) >= 11 is 0. The Balaban J connectivity index is 1.32. The number of aliphatic hydroxyl groups excluding tert-OH is 2. The molecule has 0 aliphatic carbocycles. The van der Waals surface area contributed by atoms with Gasteiger partial charge in [0, 0.05) is 37.7 Å². The third-order valence-electron chi connectivity index (χ3n) is 5.86. The Hall–Kier alpha value is -3.49. The SMILES string of the molecule is O=C(Cc1ccccc1)NCc1ccc(-c2nc(C(=O)N3CC[C@@H](CO)[C@@H](O)C3)co2)cc1. The third kappa shape index (κ3) is 5.66. The molecule has 1 aliphatic heterocycles. The van der Waals surface area contributed by atoms with Gasteiger partial charge in [0.1, 0.15) is 6.26 Å². The van der Waals surface area contributed by atoms with E-state index in [1.807, 2.05) is 54.6 Å². The number of nitrogens with one attached hydrogen (secondary N) is 1. The number of β-amino-alcohol motifs (C(OH)–C–C–N with tert-alkyl or cyclic N) is 1. The van der Waals surface area contributed by atoms with Gasteiger partial charge in [-0.3, -0.25) is 9.59 Å². The number of aromatic nitrogens is 1. The summed E-state index contributed by atoms with van der Waals surface area (Å²) in [4.78, 5) is 30.7. The molecule has 172 valence electrons. The second kappa shape index (κ2) is 10.4. The normalized spacial score (nSPS) is 18.2. The molecule has 0 spiro atoms. The van der Waals surface area contributed by atoms with Crippen LogP contribution in [-0.4, -0.2) is 57.7 Å². The Morgan fingerprint density at radius 2 is 1.85 bits per heavy atom. The van der Waals surface area contributed by atoms with Crippen LogP contribution in [-0.2, 0) is 17.8 Å². The molecule has 0 unspecified atom stereocenters. The predicted molar refractivity (Wildman–Crippen MR) is 121 cm³/mol. The lowest BCUT2D eigenvalue weighted by molar-refractivity contribution is -0.120. The van der Waals surface area contributed by atoms with Gasteiger partial charge in [-0.2, -0.15) is 0 Å². The van der Waals surface area contributed by atoms with Crippen LogP contribution in [0.15, 0.2) is 65.3 Å². The molecule has 2 atom stereocenters. The molecule has 3 N–H and O–H groups in total. The van der Waals surface area contributed by atoms with Crippen LogP contribution in [0.3, 0.4) is 0 Å². The quantitative estimate of drug-likeness (QED) is 0.508. The smallest absolute Gasteiger partial charge is 0.275 e.